The van der Waals surface area contributed by atoms with Crippen LogP contribution in [0.4, 0.5) is 14.9 Å². The number of nitrogens with two attached hydrogens (primary N) is 1. The van der Waals surface area contributed by atoms with Gasteiger partial charge in [-0.25, -0.2) is 9.18 Å². The molecule has 7 nitrogen and oxygen atoms in total. The maximum Gasteiger partial charge on any atom is 0.413 e. The van der Waals surface area contributed by atoms with Gasteiger partial charge in [0.05, 0.1) is 6.42 Å². The lowest BCUT2D eigenvalue weighted by Gasteiger charge is -2.18. The van der Waals surface area contributed by atoms with Crippen molar-refractivity contribution in [1.82, 2.24) is 5.32 Å². The maximum absolute atomic E-state index is 13.6. The van der Waals surface area contributed by atoms with Gasteiger partial charge in [-0.05, 0) is 31.2 Å². The smallest absolute Gasteiger partial charge is 0.410 e. The van der Waals surface area contributed by atoms with Gasteiger partial charge in [-0.15, -0.1) is 0 Å². The first kappa shape index (κ1) is 18.9. The van der Waals surface area contributed by atoms with Crippen LogP contribution in [0.15, 0.2) is 48.5 Å². The van der Waals surface area contributed by atoms with E-state index in [-0.39, 0.29) is 17.0 Å². The SMILES string of the molecule is Cc1c(F)cccc1NC(=O)[C@H](CC(N)=O)NC(=O)Oc1ccccc1. The van der Waals surface area contributed by atoms with Crippen molar-refractivity contribution in [2.75, 3.05) is 5.32 Å². The van der Waals surface area contributed by atoms with Crippen molar-refractivity contribution in [3.8, 4) is 5.75 Å². The normalized spacial score (nSPS) is 11.3. The number of amides is 3. The van der Waals surface area contributed by atoms with E-state index in [0.29, 0.717) is 0 Å². The van der Waals surface area contributed by atoms with E-state index in [1.807, 2.05) is 0 Å². The third kappa shape index (κ3) is 5.30. The van der Waals surface area contributed by atoms with Crippen LogP contribution in [-0.2, 0) is 9.59 Å². The highest BCUT2D eigenvalue weighted by molar-refractivity contribution is 5.99. The molecule has 0 saturated heterocycles. The second-order valence-electron chi connectivity index (χ2n) is 5.47. The molecule has 2 aromatic rings. The Morgan fingerprint density at radius 2 is 1.81 bits per heavy atom. The molecule has 0 aliphatic rings. The summed E-state index contributed by atoms with van der Waals surface area (Å²) in [7, 11) is 0. The number of halogens is 1. The van der Waals surface area contributed by atoms with Crippen LogP contribution in [0, 0.1) is 12.7 Å². The Bertz CT molecular complexity index is 811. The highest BCUT2D eigenvalue weighted by Crippen LogP contribution is 2.18. The van der Waals surface area contributed by atoms with E-state index in [4.69, 9.17) is 10.5 Å². The molecule has 3 amide bonds. The molecule has 1 atom stereocenters. The number of carbonyl (C=O) groups excluding carboxylic acids is 3. The zero-order chi connectivity index (χ0) is 19.1. The molecule has 0 bridgehead atoms. The first-order valence-corrected chi connectivity index (χ1v) is 7.74. The zero-order valence-corrected chi connectivity index (χ0v) is 14.0. The first-order valence-electron chi connectivity index (χ1n) is 7.74. The number of hydrogen-bond acceptors (Lipinski definition) is 4. The minimum Gasteiger partial charge on any atom is -0.410 e. The number of rotatable bonds is 6. The summed E-state index contributed by atoms with van der Waals surface area (Å²) >= 11 is 0. The predicted molar refractivity (Wildman–Crippen MR) is 93.0 cm³/mol. The number of para-hydroxylation sites is 1. The van der Waals surface area contributed by atoms with E-state index in [1.165, 1.54) is 25.1 Å². The van der Waals surface area contributed by atoms with Crippen molar-refractivity contribution in [2.24, 2.45) is 5.73 Å². The third-order valence-corrected chi connectivity index (χ3v) is 3.49. The van der Waals surface area contributed by atoms with Crippen molar-refractivity contribution in [3.05, 3.63) is 59.9 Å². The largest absolute Gasteiger partial charge is 0.413 e. The van der Waals surface area contributed by atoms with E-state index >= 15 is 0 Å². The summed E-state index contributed by atoms with van der Waals surface area (Å²) < 4.78 is 18.6. The quantitative estimate of drug-likeness (QED) is 0.733. The lowest BCUT2D eigenvalue weighted by Crippen LogP contribution is -2.47. The Balaban J connectivity index is 2.08. The van der Waals surface area contributed by atoms with Gasteiger partial charge in [0.2, 0.25) is 11.8 Å². The second kappa shape index (κ2) is 8.61. The van der Waals surface area contributed by atoms with Gasteiger partial charge in [0.25, 0.3) is 0 Å². The minimum atomic E-state index is -1.27. The number of benzene rings is 2. The van der Waals surface area contributed by atoms with Crippen molar-refractivity contribution < 1.29 is 23.5 Å². The minimum absolute atomic E-state index is 0.225. The molecule has 0 radical (unpaired) electrons. The van der Waals surface area contributed by atoms with E-state index < -0.39 is 36.2 Å². The molecule has 0 fully saturated rings. The molecule has 0 heterocycles. The Hall–Kier alpha value is -3.42. The van der Waals surface area contributed by atoms with Crippen molar-refractivity contribution in [3.63, 3.8) is 0 Å². The van der Waals surface area contributed by atoms with Crippen LogP contribution < -0.4 is 21.1 Å². The van der Waals surface area contributed by atoms with E-state index in [0.717, 1.165) is 0 Å². The van der Waals surface area contributed by atoms with Crippen molar-refractivity contribution in [2.45, 2.75) is 19.4 Å². The van der Waals surface area contributed by atoms with Gasteiger partial charge in [-0.3, -0.25) is 9.59 Å². The fourth-order valence-corrected chi connectivity index (χ4v) is 2.14. The topological polar surface area (TPSA) is 111 Å². The molecule has 0 aliphatic carbocycles. The number of primary amides is 1. The second-order valence-corrected chi connectivity index (χ2v) is 5.47. The van der Waals surface area contributed by atoms with Crippen LogP contribution >= 0.6 is 0 Å². The average molecular weight is 359 g/mol. The lowest BCUT2D eigenvalue weighted by atomic mass is 10.1. The highest BCUT2D eigenvalue weighted by Gasteiger charge is 2.24. The Morgan fingerprint density at radius 1 is 1.12 bits per heavy atom. The van der Waals surface area contributed by atoms with Crippen LogP contribution in [0.25, 0.3) is 0 Å². The number of hydrogen-bond donors (Lipinski definition) is 3. The summed E-state index contributed by atoms with van der Waals surface area (Å²) in [6, 6.07) is 11.1. The third-order valence-electron chi connectivity index (χ3n) is 3.49. The number of anilines is 1. The van der Waals surface area contributed by atoms with Gasteiger partial charge < -0.3 is 21.1 Å². The Labute approximate surface area is 149 Å². The van der Waals surface area contributed by atoms with E-state index in [1.54, 1.807) is 30.3 Å². The number of nitrogens with one attached hydrogen (secondary N) is 2. The predicted octanol–water partition coefficient (Wildman–Crippen LogP) is 2.11. The van der Waals surface area contributed by atoms with Crippen LogP contribution in [0.2, 0.25) is 0 Å². The van der Waals surface area contributed by atoms with Gasteiger partial charge >= 0.3 is 6.09 Å². The standard InChI is InChI=1S/C18H18FN3O4/c1-11-13(19)8-5-9-14(11)21-17(24)15(10-16(20)23)22-18(25)26-12-6-3-2-4-7-12/h2-9,15H,10H2,1H3,(H2,20,23)(H,21,24)(H,22,25)/t15-/m0/s1. The number of carbonyl (C=O) groups is 3. The molecule has 0 saturated carbocycles. The molecule has 8 heteroatoms. The fraction of sp³-hybridized carbons (Fsp3) is 0.167. The summed E-state index contributed by atoms with van der Waals surface area (Å²) in [6.45, 7) is 1.49. The van der Waals surface area contributed by atoms with Gasteiger partial charge in [0.1, 0.15) is 17.6 Å². The Morgan fingerprint density at radius 3 is 2.46 bits per heavy atom. The molecule has 0 unspecified atom stereocenters. The average Bonchev–Trinajstić information content (AvgIpc) is 2.58. The van der Waals surface area contributed by atoms with Gasteiger partial charge in [-0.2, -0.15) is 0 Å². The van der Waals surface area contributed by atoms with Gasteiger partial charge in [-0.1, -0.05) is 24.3 Å². The monoisotopic (exact) mass is 359 g/mol. The molecule has 4 N–H and O–H groups in total. The molecule has 26 heavy (non-hydrogen) atoms. The molecule has 136 valence electrons. The van der Waals surface area contributed by atoms with Gasteiger partial charge in [0, 0.05) is 11.3 Å². The van der Waals surface area contributed by atoms with E-state index in [9.17, 15) is 18.8 Å². The maximum atomic E-state index is 13.6. The van der Waals surface area contributed by atoms with E-state index in [2.05, 4.69) is 10.6 Å². The van der Waals surface area contributed by atoms with Crippen molar-refractivity contribution in [1.29, 1.82) is 0 Å². The molecule has 0 aliphatic heterocycles. The zero-order valence-electron chi connectivity index (χ0n) is 14.0. The van der Waals surface area contributed by atoms with Crippen LogP contribution in [0.3, 0.4) is 0 Å². The molecule has 2 aromatic carbocycles. The molecule has 0 spiro atoms. The summed E-state index contributed by atoms with van der Waals surface area (Å²) in [5, 5.41) is 4.75. The summed E-state index contributed by atoms with van der Waals surface area (Å²) in [4.78, 5) is 35.6. The van der Waals surface area contributed by atoms with Gasteiger partial charge in [0.15, 0.2) is 0 Å². The first-order chi connectivity index (χ1) is 12.4. The fourth-order valence-electron chi connectivity index (χ4n) is 2.14. The van der Waals surface area contributed by atoms with Crippen LogP contribution in [0.5, 0.6) is 5.75 Å². The lowest BCUT2D eigenvalue weighted by molar-refractivity contribution is -0.123. The Kier molecular flexibility index (Phi) is 6.26. The van der Waals surface area contributed by atoms with Crippen LogP contribution in [0.1, 0.15) is 12.0 Å². The molecular weight excluding hydrogens is 341 g/mol. The number of ether oxygens (including phenoxy) is 1. The molecular formula is C18H18FN3O4. The summed E-state index contributed by atoms with van der Waals surface area (Å²) in [5.74, 6) is -1.74. The summed E-state index contributed by atoms with van der Waals surface area (Å²) in [6.07, 6.45) is -1.36. The molecule has 2 rings (SSSR count). The highest BCUT2D eigenvalue weighted by atomic mass is 19.1. The molecule has 0 aromatic heterocycles. The van der Waals surface area contributed by atoms with Crippen LogP contribution in [-0.4, -0.2) is 23.9 Å². The summed E-state index contributed by atoms with van der Waals surface area (Å²) in [5.41, 5.74) is 5.59. The van der Waals surface area contributed by atoms with Crippen molar-refractivity contribution >= 4 is 23.6 Å².